The number of oxime groups is 1. The quantitative estimate of drug-likeness (QED) is 0.480. The van der Waals surface area contributed by atoms with Crippen LogP contribution in [-0.4, -0.2) is 11.4 Å². The smallest absolute Gasteiger partial charge is 0.0555 e. The number of hydrogen-bond acceptors (Lipinski definition) is 2. The highest BCUT2D eigenvalue weighted by molar-refractivity contribution is 9.10. The molecule has 0 fully saturated rings. The van der Waals surface area contributed by atoms with Gasteiger partial charge in [-0.1, -0.05) is 46.3 Å². The van der Waals surface area contributed by atoms with Crippen LogP contribution in [-0.2, 0) is 0 Å². The fourth-order valence-corrected chi connectivity index (χ4v) is 2.82. The van der Waals surface area contributed by atoms with E-state index in [2.05, 4.69) is 45.4 Å². The Morgan fingerprint density at radius 1 is 1.06 bits per heavy atom. The molecule has 0 radical (unpaired) electrons. The summed E-state index contributed by atoms with van der Waals surface area (Å²) in [5.41, 5.74) is 4.81. The van der Waals surface area contributed by atoms with Crippen LogP contribution in [0.5, 0.6) is 0 Å². The van der Waals surface area contributed by atoms with E-state index in [9.17, 15) is 0 Å². The molecule has 1 N–H and O–H groups in total. The maximum absolute atomic E-state index is 8.80. The van der Waals surface area contributed by atoms with E-state index in [1.165, 1.54) is 22.3 Å². The van der Waals surface area contributed by atoms with Crippen LogP contribution >= 0.6 is 15.9 Å². The highest BCUT2D eigenvalue weighted by Gasteiger charge is 2.27. The van der Waals surface area contributed by atoms with Crippen LogP contribution in [0, 0.1) is 0 Å². The molecule has 1 aliphatic rings. The van der Waals surface area contributed by atoms with Gasteiger partial charge in [-0.05, 0) is 34.4 Å². The van der Waals surface area contributed by atoms with Gasteiger partial charge in [0.15, 0.2) is 0 Å². The lowest BCUT2D eigenvalue weighted by atomic mass is 9.99. The molecule has 2 aromatic rings. The van der Waals surface area contributed by atoms with Crippen molar-refractivity contribution in [1.29, 1.82) is 0 Å². The summed E-state index contributed by atoms with van der Waals surface area (Å²) in [6.45, 7) is 0. The molecule has 17 heavy (non-hydrogen) atoms. The van der Waals surface area contributed by atoms with Crippen molar-refractivity contribution < 1.29 is 5.21 Å². The van der Waals surface area contributed by atoms with Crippen molar-refractivity contribution in [3.8, 4) is 11.1 Å². The van der Waals surface area contributed by atoms with E-state index in [0.29, 0.717) is 0 Å². The van der Waals surface area contributed by atoms with Crippen molar-refractivity contribution in [2.24, 2.45) is 5.16 Å². The maximum atomic E-state index is 8.80. The van der Waals surface area contributed by atoms with Gasteiger partial charge in [0, 0.05) is 10.4 Å². The maximum Gasteiger partial charge on any atom is 0.0555 e. The molecule has 3 heteroatoms. The summed E-state index contributed by atoms with van der Waals surface area (Å²) in [4.78, 5) is 0. The van der Waals surface area contributed by atoms with Crippen LogP contribution in [0.15, 0.2) is 52.1 Å². The standard InChI is InChI=1S/C14H10BrNO/c15-9-5-6-12-10-3-1-2-4-11(10)14(8-16-17)13(12)7-9/h1-8,14,17H. The van der Waals surface area contributed by atoms with Gasteiger partial charge in [0.05, 0.1) is 6.21 Å². The molecule has 0 saturated carbocycles. The second-order valence-corrected chi connectivity index (χ2v) is 4.98. The Morgan fingerprint density at radius 2 is 1.82 bits per heavy atom. The van der Waals surface area contributed by atoms with E-state index in [0.717, 1.165) is 4.47 Å². The molecule has 3 rings (SSSR count). The molecule has 1 aliphatic carbocycles. The van der Waals surface area contributed by atoms with Gasteiger partial charge >= 0.3 is 0 Å². The molecule has 2 aromatic carbocycles. The number of rotatable bonds is 1. The fraction of sp³-hybridized carbons (Fsp3) is 0.0714. The molecule has 0 saturated heterocycles. The van der Waals surface area contributed by atoms with Gasteiger partial charge in [-0.25, -0.2) is 0 Å². The minimum atomic E-state index is 0.0451. The lowest BCUT2D eigenvalue weighted by Gasteiger charge is -2.06. The summed E-state index contributed by atoms with van der Waals surface area (Å²) in [6.07, 6.45) is 1.58. The molecular formula is C14H10BrNO. The normalized spacial score (nSPS) is 17.1. The van der Waals surface area contributed by atoms with Crippen molar-refractivity contribution in [2.75, 3.05) is 0 Å². The van der Waals surface area contributed by atoms with Gasteiger partial charge in [0.25, 0.3) is 0 Å². The van der Waals surface area contributed by atoms with E-state index in [4.69, 9.17) is 5.21 Å². The highest BCUT2D eigenvalue weighted by atomic mass is 79.9. The van der Waals surface area contributed by atoms with Crippen molar-refractivity contribution in [3.05, 3.63) is 58.1 Å². The first-order valence-electron chi connectivity index (χ1n) is 5.37. The molecule has 1 atom stereocenters. The molecule has 0 aliphatic heterocycles. The lowest BCUT2D eigenvalue weighted by molar-refractivity contribution is 0.320. The van der Waals surface area contributed by atoms with Crippen LogP contribution in [0.4, 0.5) is 0 Å². The lowest BCUT2D eigenvalue weighted by Crippen LogP contribution is -1.97. The predicted molar refractivity (Wildman–Crippen MR) is 71.7 cm³/mol. The monoisotopic (exact) mass is 287 g/mol. The third kappa shape index (κ3) is 1.58. The molecule has 0 heterocycles. The van der Waals surface area contributed by atoms with Crippen LogP contribution in [0.25, 0.3) is 11.1 Å². The minimum absolute atomic E-state index is 0.0451. The first-order chi connectivity index (χ1) is 8.31. The number of benzene rings is 2. The molecule has 0 spiro atoms. The Labute approximate surface area is 108 Å². The summed E-state index contributed by atoms with van der Waals surface area (Å²) >= 11 is 3.48. The summed E-state index contributed by atoms with van der Waals surface area (Å²) in [5, 5.41) is 12.0. The SMILES string of the molecule is ON=CC1c2ccccc2-c2ccc(Br)cc21. The summed E-state index contributed by atoms with van der Waals surface area (Å²) in [7, 11) is 0. The molecular weight excluding hydrogens is 278 g/mol. The summed E-state index contributed by atoms with van der Waals surface area (Å²) in [6, 6.07) is 14.4. The van der Waals surface area contributed by atoms with Crippen LogP contribution < -0.4 is 0 Å². The molecule has 84 valence electrons. The summed E-state index contributed by atoms with van der Waals surface area (Å²) < 4.78 is 1.04. The molecule has 0 bridgehead atoms. The van der Waals surface area contributed by atoms with Crippen LogP contribution in [0.2, 0.25) is 0 Å². The predicted octanol–water partition coefficient (Wildman–Crippen LogP) is 4.02. The number of halogens is 1. The Kier molecular flexibility index (Phi) is 2.48. The van der Waals surface area contributed by atoms with E-state index in [1.807, 2.05) is 18.2 Å². The zero-order valence-corrected chi connectivity index (χ0v) is 10.6. The fourth-order valence-electron chi connectivity index (χ4n) is 2.44. The molecule has 2 nitrogen and oxygen atoms in total. The van der Waals surface area contributed by atoms with Crippen LogP contribution in [0.3, 0.4) is 0 Å². The van der Waals surface area contributed by atoms with Gasteiger partial charge in [-0.15, -0.1) is 5.16 Å². The average Bonchev–Trinajstić information content (AvgIpc) is 2.65. The van der Waals surface area contributed by atoms with E-state index in [1.54, 1.807) is 6.21 Å². The van der Waals surface area contributed by atoms with Gasteiger partial charge in [0.2, 0.25) is 0 Å². The van der Waals surface area contributed by atoms with Gasteiger partial charge < -0.3 is 5.21 Å². The first kappa shape index (κ1) is 10.5. The van der Waals surface area contributed by atoms with Crippen molar-refractivity contribution >= 4 is 22.1 Å². The number of nitrogens with zero attached hydrogens (tertiary/aromatic N) is 1. The van der Waals surface area contributed by atoms with Crippen molar-refractivity contribution in [1.82, 2.24) is 0 Å². The van der Waals surface area contributed by atoms with Gasteiger partial charge in [-0.3, -0.25) is 0 Å². The topological polar surface area (TPSA) is 32.6 Å². The van der Waals surface area contributed by atoms with Crippen LogP contribution in [0.1, 0.15) is 17.0 Å². The Balaban J connectivity index is 2.29. The zero-order chi connectivity index (χ0) is 11.8. The average molecular weight is 288 g/mol. The first-order valence-corrected chi connectivity index (χ1v) is 6.17. The number of hydrogen-bond donors (Lipinski definition) is 1. The summed E-state index contributed by atoms with van der Waals surface area (Å²) in [5.74, 6) is 0.0451. The molecule has 0 amide bonds. The second-order valence-electron chi connectivity index (χ2n) is 4.06. The van der Waals surface area contributed by atoms with Crippen molar-refractivity contribution in [3.63, 3.8) is 0 Å². The largest absolute Gasteiger partial charge is 0.411 e. The Hall–Kier alpha value is -1.61. The third-order valence-electron chi connectivity index (χ3n) is 3.15. The molecule has 1 unspecified atom stereocenters. The van der Waals surface area contributed by atoms with Crippen molar-refractivity contribution in [2.45, 2.75) is 5.92 Å². The van der Waals surface area contributed by atoms with Gasteiger partial charge in [-0.2, -0.15) is 0 Å². The highest BCUT2D eigenvalue weighted by Crippen LogP contribution is 2.44. The minimum Gasteiger partial charge on any atom is -0.411 e. The zero-order valence-electron chi connectivity index (χ0n) is 8.97. The third-order valence-corrected chi connectivity index (χ3v) is 3.64. The Bertz CT molecular complexity index is 607. The Morgan fingerprint density at radius 3 is 2.65 bits per heavy atom. The number of fused-ring (bicyclic) bond motifs is 3. The van der Waals surface area contributed by atoms with E-state index in [-0.39, 0.29) is 5.92 Å². The molecule has 0 aromatic heterocycles. The van der Waals surface area contributed by atoms with E-state index < -0.39 is 0 Å². The van der Waals surface area contributed by atoms with Gasteiger partial charge in [0.1, 0.15) is 0 Å². The second kappa shape index (κ2) is 4.00. The van der Waals surface area contributed by atoms with E-state index >= 15 is 0 Å².